The molecule has 2 fully saturated rings. The lowest BCUT2D eigenvalue weighted by Crippen LogP contribution is -2.48. The first kappa shape index (κ1) is 20.8. The predicted molar refractivity (Wildman–Crippen MR) is 114 cm³/mol. The van der Waals surface area contributed by atoms with Crippen molar-refractivity contribution in [1.29, 1.82) is 0 Å². The fourth-order valence-corrected chi connectivity index (χ4v) is 4.33. The van der Waals surface area contributed by atoms with Gasteiger partial charge in [-0.1, -0.05) is 6.92 Å². The number of piperidine rings is 1. The zero-order chi connectivity index (χ0) is 19.8. The molecule has 3 heterocycles. The second-order valence-corrected chi connectivity index (χ2v) is 8.01. The number of piperazine rings is 1. The van der Waals surface area contributed by atoms with Gasteiger partial charge in [0.1, 0.15) is 18.0 Å². The number of aromatic nitrogens is 2. The molecule has 2 saturated heterocycles. The van der Waals surface area contributed by atoms with E-state index in [9.17, 15) is 4.79 Å². The lowest BCUT2D eigenvalue weighted by atomic mass is 9.93. The van der Waals surface area contributed by atoms with E-state index in [0.29, 0.717) is 18.2 Å². The maximum Gasteiger partial charge on any atom is 0.222 e. The highest BCUT2D eigenvalue weighted by Crippen LogP contribution is 2.25. The SMILES string of the molecule is CCCN1CCN(C(=O)CC[C@H]2CCCN(c3cc(NCC)ncn3)C2)CC1. The van der Waals surface area contributed by atoms with Gasteiger partial charge in [-0.05, 0) is 45.1 Å². The standard InChI is InChI=1S/C21H36N6O/c1-3-9-25-11-13-26(14-12-25)21(28)8-7-18-6-5-10-27(16-18)20-15-19(22-4-2)23-17-24-20/h15,17-18H,3-14,16H2,1-2H3,(H,22,23,24)/t18-/m1/s1. The zero-order valence-electron chi connectivity index (χ0n) is 17.6. The smallest absolute Gasteiger partial charge is 0.222 e. The number of rotatable bonds is 8. The van der Waals surface area contributed by atoms with Crippen molar-refractivity contribution in [2.75, 3.05) is 62.6 Å². The van der Waals surface area contributed by atoms with Gasteiger partial charge in [0.05, 0.1) is 0 Å². The average molecular weight is 389 g/mol. The molecule has 0 saturated carbocycles. The van der Waals surface area contributed by atoms with Crippen LogP contribution in [0.5, 0.6) is 0 Å². The molecule has 1 aromatic heterocycles. The molecule has 7 nitrogen and oxygen atoms in total. The Morgan fingerprint density at radius 2 is 2.00 bits per heavy atom. The van der Waals surface area contributed by atoms with Gasteiger partial charge >= 0.3 is 0 Å². The Morgan fingerprint density at radius 1 is 1.18 bits per heavy atom. The third-order valence-electron chi connectivity index (χ3n) is 5.88. The summed E-state index contributed by atoms with van der Waals surface area (Å²) in [5, 5.41) is 3.25. The normalized spacial score (nSPS) is 21.0. The molecule has 0 spiro atoms. The summed E-state index contributed by atoms with van der Waals surface area (Å²) in [6.07, 6.45) is 6.86. The molecule has 28 heavy (non-hydrogen) atoms. The van der Waals surface area contributed by atoms with E-state index < -0.39 is 0 Å². The molecule has 1 atom stereocenters. The number of carbonyl (C=O) groups excluding carboxylic acids is 1. The Hall–Kier alpha value is -1.89. The fourth-order valence-electron chi connectivity index (χ4n) is 4.33. The second-order valence-electron chi connectivity index (χ2n) is 8.01. The Balaban J connectivity index is 1.45. The van der Waals surface area contributed by atoms with Crippen LogP contribution >= 0.6 is 0 Å². The van der Waals surface area contributed by atoms with Crippen LogP contribution in [0, 0.1) is 5.92 Å². The zero-order valence-corrected chi connectivity index (χ0v) is 17.6. The molecule has 2 aliphatic rings. The van der Waals surface area contributed by atoms with Gasteiger partial charge in [0.15, 0.2) is 0 Å². The van der Waals surface area contributed by atoms with Crippen LogP contribution in [-0.2, 0) is 4.79 Å². The monoisotopic (exact) mass is 388 g/mol. The van der Waals surface area contributed by atoms with Crippen molar-refractivity contribution in [3.63, 3.8) is 0 Å². The lowest BCUT2D eigenvalue weighted by molar-refractivity contribution is -0.133. The highest BCUT2D eigenvalue weighted by Gasteiger charge is 2.24. The van der Waals surface area contributed by atoms with E-state index in [0.717, 1.165) is 76.8 Å². The van der Waals surface area contributed by atoms with Crippen LogP contribution in [0.15, 0.2) is 12.4 Å². The molecule has 0 aliphatic carbocycles. The summed E-state index contributed by atoms with van der Waals surface area (Å²) in [7, 11) is 0. The van der Waals surface area contributed by atoms with Gasteiger partial charge in [-0.15, -0.1) is 0 Å². The highest BCUT2D eigenvalue weighted by molar-refractivity contribution is 5.76. The van der Waals surface area contributed by atoms with Crippen LogP contribution < -0.4 is 10.2 Å². The second kappa shape index (κ2) is 10.6. The fraction of sp³-hybridized carbons (Fsp3) is 0.762. The molecule has 1 aromatic rings. The van der Waals surface area contributed by atoms with Crippen LogP contribution in [0.1, 0.15) is 46.0 Å². The van der Waals surface area contributed by atoms with E-state index in [1.807, 2.05) is 6.07 Å². The number of hydrogen-bond acceptors (Lipinski definition) is 6. The Bertz CT molecular complexity index is 617. The first-order chi connectivity index (χ1) is 13.7. The molecule has 1 N–H and O–H groups in total. The van der Waals surface area contributed by atoms with E-state index in [-0.39, 0.29) is 0 Å². The number of nitrogens with one attached hydrogen (secondary N) is 1. The quantitative estimate of drug-likeness (QED) is 0.738. The molecular weight excluding hydrogens is 352 g/mol. The number of hydrogen-bond donors (Lipinski definition) is 1. The van der Waals surface area contributed by atoms with Crippen molar-refractivity contribution in [3.05, 3.63) is 12.4 Å². The summed E-state index contributed by atoms with van der Waals surface area (Å²) in [4.78, 5) is 28.3. The number of amides is 1. The van der Waals surface area contributed by atoms with E-state index in [1.165, 1.54) is 12.8 Å². The molecule has 1 amide bonds. The van der Waals surface area contributed by atoms with Gasteiger partial charge in [-0.3, -0.25) is 9.69 Å². The number of nitrogens with zero attached hydrogens (tertiary/aromatic N) is 5. The minimum absolute atomic E-state index is 0.338. The maximum absolute atomic E-state index is 12.6. The van der Waals surface area contributed by atoms with Crippen molar-refractivity contribution in [1.82, 2.24) is 19.8 Å². The van der Waals surface area contributed by atoms with Crippen molar-refractivity contribution < 1.29 is 4.79 Å². The van der Waals surface area contributed by atoms with E-state index in [1.54, 1.807) is 6.33 Å². The van der Waals surface area contributed by atoms with Gasteiger partial charge in [-0.25, -0.2) is 9.97 Å². The van der Waals surface area contributed by atoms with Gasteiger partial charge in [-0.2, -0.15) is 0 Å². The molecule has 0 unspecified atom stereocenters. The summed E-state index contributed by atoms with van der Waals surface area (Å²) in [6, 6.07) is 2.03. The Labute approximate surface area is 169 Å². The van der Waals surface area contributed by atoms with Gasteiger partial charge in [0, 0.05) is 58.3 Å². The largest absolute Gasteiger partial charge is 0.370 e. The van der Waals surface area contributed by atoms with E-state index in [4.69, 9.17) is 0 Å². The van der Waals surface area contributed by atoms with E-state index in [2.05, 4.69) is 43.8 Å². The Morgan fingerprint density at radius 3 is 2.75 bits per heavy atom. The summed E-state index contributed by atoms with van der Waals surface area (Å²) < 4.78 is 0. The van der Waals surface area contributed by atoms with Crippen molar-refractivity contribution in [2.45, 2.75) is 46.0 Å². The number of carbonyl (C=O) groups is 1. The first-order valence-corrected chi connectivity index (χ1v) is 11.0. The molecule has 2 aliphatic heterocycles. The van der Waals surface area contributed by atoms with Gasteiger partial charge in [0.2, 0.25) is 5.91 Å². The molecule has 0 aromatic carbocycles. The van der Waals surface area contributed by atoms with Crippen molar-refractivity contribution in [2.24, 2.45) is 5.92 Å². The summed E-state index contributed by atoms with van der Waals surface area (Å²) in [6.45, 7) is 12.1. The minimum atomic E-state index is 0.338. The Kier molecular flexibility index (Phi) is 7.89. The topological polar surface area (TPSA) is 64.6 Å². The van der Waals surface area contributed by atoms with Gasteiger partial charge in [0.25, 0.3) is 0 Å². The van der Waals surface area contributed by atoms with Crippen LogP contribution in [0.3, 0.4) is 0 Å². The molecule has 156 valence electrons. The van der Waals surface area contributed by atoms with Crippen molar-refractivity contribution >= 4 is 17.5 Å². The van der Waals surface area contributed by atoms with Crippen LogP contribution in [-0.4, -0.2) is 78.0 Å². The molecular formula is C21H36N6O. The third-order valence-corrected chi connectivity index (χ3v) is 5.88. The van der Waals surface area contributed by atoms with Crippen LogP contribution in [0.2, 0.25) is 0 Å². The third kappa shape index (κ3) is 5.80. The number of anilines is 2. The highest BCUT2D eigenvalue weighted by atomic mass is 16.2. The minimum Gasteiger partial charge on any atom is -0.370 e. The molecule has 0 radical (unpaired) electrons. The van der Waals surface area contributed by atoms with Gasteiger partial charge < -0.3 is 15.1 Å². The predicted octanol–water partition coefficient (Wildman–Crippen LogP) is 2.46. The maximum atomic E-state index is 12.6. The summed E-state index contributed by atoms with van der Waals surface area (Å²) in [5.41, 5.74) is 0. The van der Waals surface area contributed by atoms with Crippen LogP contribution in [0.25, 0.3) is 0 Å². The average Bonchev–Trinajstić information content (AvgIpc) is 2.73. The summed E-state index contributed by atoms with van der Waals surface area (Å²) in [5.74, 6) is 2.78. The molecule has 3 rings (SSSR count). The van der Waals surface area contributed by atoms with E-state index >= 15 is 0 Å². The molecule has 0 bridgehead atoms. The van der Waals surface area contributed by atoms with Crippen molar-refractivity contribution in [3.8, 4) is 0 Å². The lowest BCUT2D eigenvalue weighted by Gasteiger charge is -2.36. The van der Waals surface area contributed by atoms with Crippen LogP contribution in [0.4, 0.5) is 11.6 Å². The summed E-state index contributed by atoms with van der Waals surface area (Å²) >= 11 is 0. The molecule has 7 heteroatoms. The first-order valence-electron chi connectivity index (χ1n) is 11.0.